The highest BCUT2D eigenvalue weighted by Crippen LogP contribution is 2.27. The van der Waals surface area contributed by atoms with Crippen LogP contribution in [-0.2, 0) is 0 Å². The normalized spacial score (nSPS) is 11.8. The third-order valence-corrected chi connectivity index (χ3v) is 3.71. The molecule has 0 saturated carbocycles. The number of anilines is 1. The number of halogens is 3. The number of nitrogens with one attached hydrogen (secondary N) is 1. The number of rotatable bonds is 3. The first kappa shape index (κ1) is 15.5. The Morgan fingerprint density at radius 2 is 1.90 bits per heavy atom. The van der Waals surface area contributed by atoms with Crippen molar-refractivity contribution in [1.82, 2.24) is 0 Å². The molecule has 5 heteroatoms. The second-order valence-electron chi connectivity index (χ2n) is 4.79. The van der Waals surface area contributed by atoms with E-state index >= 15 is 0 Å². The van der Waals surface area contributed by atoms with Crippen LogP contribution in [0.1, 0.15) is 29.7 Å². The summed E-state index contributed by atoms with van der Waals surface area (Å²) in [6, 6.07) is 9.14. The topological polar surface area (TPSA) is 35.8 Å². The zero-order valence-electron chi connectivity index (χ0n) is 11.5. The molecule has 1 N–H and O–H groups in total. The van der Waals surface area contributed by atoms with E-state index in [2.05, 4.69) is 27.3 Å². The van der Waals surface area contributed by atoms with Gasteiger partial charge in [0.15, 0.2) is 0 Å². The van der Waals surface area contributed by atoms with Gasteiger partial charge in [-0.05, 0) is 49.7 Å². The lowest BCUT2D eigenvalue weighted by Gasteiger charge is -2.18. The highest BCUT2D eigenvalue weighted by molar-refractivity contribution is 9.10. The Bertz CT molecular complexity index is 723. The lowest BCUT2D eigenvalue weighted by Crippen LogP contribution is -2.10. The van der Waals surface area contributed by atoms with Gasteiger partial charge in [-0.25, -0.2) is 8.78 Å². The molecular weight excluding hydrogens is 338 g/mol. The molecule has 21 heavy (non-hydrogen) atoms. The van der Waals surface area contributed by atoms with Crippen LogP contribution in [0.15, 0.2) is 34.8 Å². The minimum absolute atomic E-state index is 0.227. The molecule has 0 aliphatic rings. The molecule has 0 amide bonds. The fraction of sp³-hybridized carbons (Fsp3) is 0.188. The maximum absolute atomic E-state index is 14.0. The summed E-state index contributed by atoms with van der Waals surface area (Å²) in [7, 11) is 0. The predicted molar refractivity (Wildman–Crippen MR) is 82.0 cm³/mol. The van der Waals surface area contributed by atoms with Crippen LogP contribution in [0.5, 0.6) is 0 Å². The van der Waals surface area contributed by atoms with Crippen LogP contribution in [-0.4, -0.2) is 0 Å². The monoisotopic (exact) mass is 350 g/mol. The quantitative estimate of drug-likeness (QED) is 0.837. The van der Waals surface area contributed by atoms with Crippen molar-refractivity contribution in [2.75, 3.05) is 5.32 Å². The second-order valence-corrected chi connectivity index (χ2v) is 5.71. The van der Waals surface area contributed by atoms with E-state index in [0.717, 1.165) is 4.47 Å². The Hall–Kier alpha value is -1.93. The summed E-state index contributed by atoms with van der Waals surface area (Å²) >= 11 is 3.29. The Kier molecular flexibility index (Phi) is 4.59. The largest absolute Gasteiger partial charge is 0.377 e. The number of nitrogens with zero attached hydrogens (tertiary/aromatic N) is 1. The predicted octanol–water partition coefficient (Wildman–Crippen LogP) is 5.08. The summed E-state index contributed by atoms with van der Waals surface area (Å²) < 4.78 is 28.3. The highest BCUT2D eigenvalue weighted by atomic mass is 79.9. The van der Waals surface area contributed by atoms with Crippen molar-refractivity contribution in [3.05, 3.63) is 63.1 Å². The second kappa shape index (κ2) is 6.23. The fourth-order valence-electron chi connectivity index (χ4n) is 2.04. The SMILES string of the molecule is Cc1cc(F)c(C(C)Nc2ccc(Br)cc2C#N)cc1F. The van der Waals surface area contributed by atoms with Gasteiger partial charge in [-0.1, -0.05) is 15.9 Å². The third kappa shape index (κ3) is 3.40. The van der Waals surface area contributed by atoms with Crippen LogP contribution in [0.25, 0.3) is 0 Å². The molecule has 2 rings (SSSR count). The maximum Gasteiger partial charge on any atom is 0.128 e. The molecule has 1 atom stereocenters. The smallest absolute Gasteiger partial charge is 0.128 e. The van der Waals surface area contributed by atoms with Gasteiger partial charge in [-0.2, -0.15) is 5.26 Å². The van der Waals surface area contributed by atoms with Crippen molar-refractivity contribution < 1.29 is 8.78 Å². The van der Waals surface area contributed by atoms with Gasteiger partial charge in [0.05, 0.1) is 17.3 Å². The van der Waals surface area contributed by atoms with Gasteiger partial charge in [0.25, 0.3) is 0 Å². The molecule has 0 aliphatic heterocycles. The zero-order chi connectivity index (χ0) is 15.6. The number of nitriles is 1. The molecule has 0 heterocycles. The Morgan fingerprint density at radius 3 is 2.57 bits per heavy atom. The molecule has 0 bridgehead atoms. The number of hydrogen-bond donors (Lipinski definition) is 1. The van der Waals surface area contributed by atoms with Crippen molar-refractivity contribution in [3.8, 4) is 6.07 Å². The minimum atomic E-state index is -0.468. The van der Waals surface area contributed by atoms with Crippen molar-refractivity contribution in [2.45, 2.75) is 19.9 Å². The Morgan fingerprint density at radius 1 is 1.19 bits per heavy atom. The maximum atomic E-state index is 14.0. The van der Waals surface area contributed by atoms with E-state index < -0.39 is 17.7 Å². The summed E-state index contributed by atoms with van der Waals surface area (Å²) in [5.41, 5.74) is 1.51. The number of aryl methyl sites for hydroxylation is 1. The van der Waals surface area contributed by atoms with Gasteiger partial charge in [-0.15, -0.1) is 0 Å². The molecule has 0 aromatic heterocycles. The number of benzene rings is 2. The standard InChI is InChI=1S/C16H13BrF2N2/c1-9-5-15(19)13(7-14(9)18)10(2)21-16-4-3-12(17)6-11(16)8-20/h3-7,10,21H,1-2H3. The van der Waals surface area contributed by atoms with Gasteiger partial charge >= 0.3 is 0 Å². The average molecular weight is 351 g/mol. The molecule has 2 nitrogen and oxygen atoms in total. The van der Waals surface area contributed by atoms with E-state index in [-0.39, 0.29) is 11.1 Å². The van der Waals surface area contributed by atoms with Crippen LogP contribution in [0, 0.1) is 29.9 Å². The summed E-state index contributed by atoms with van der Waals surface area (Å²) in [4.78, 5) is 0. The van der Waals surface area contributed by atoms with Crippen LogP contribution in [0.4, 0.5) is 14.5 Å². The van der Waals surface area contributed by atoms with E-state index in [1.807, 2.05) is 0 Å². The van der Waals surface area contributed by atoms with E-state index in [1.165, 1.54) is 19.1 Å². The molecule has 0 fully saturated rings. The Balaban J connectivity index is 2.33. The first-order valence-corrected chi connectivity index (χ1v) is 7.13. The molecule has 2 aromatic carbocycles. The summed E-state index contributed by atoms with van der Waals surface area (Å²) in [5, 5.41) is 12.2. The molecule has 2 aromatic rings. The summed E-state index contributed by atoms with van der Waals surface area (Å²) in [6.45, 7) is 3.24. The molecule has 0 spiro atoms. The van der Waals surface area contributed by atoms with Gasteiger partial charge in [0, 0.05) is 10.0 Å². The molecule has 0 saturated heterocycles. The molecule has 0 radical (unpaired) electrons. The van der Waals surface area contributed by atoms with Crippen molar-refractivity contribution in [3.63, 3.8) is 0 Å². The lowest BCUT2D eigenvalue weighted by atomic mass is 10.0. The lowest BCUT2D eigenvalue weighted by molar-refractivity contribution is 0.571. The van der Waals surface area contributed by atoms with E-state index in [0.29, 0.717) is 11.3 Å². The van der Waals surface area contributed by atoms with E-state index in [1.54, 1.807) is 25.1 Å². The number of hydrogen-bond acceptors (Lipinski definition) is 2. The van der Waals surface area contributed by atoms with E-state index in [4.69, 9.17) is 5.26 Å². The zero-order valence-corrected chi connectivity index (χ0v) is 13.1. The fourth-order valence-corrected chi connectivity index (χ4v) is 2.40. The van der Waals surface area contributed by atoms with Crippen LogP contribution >= 0.6 is 15.9 Å². The minimum Gasteiger partial charge on any atom is -0.377 e. The summed E-state index contributed by atoms with van der Waals surface area (Å²) in [6.07, 6.45) is 0. The molecule has 108 valence electrons. The van der Waals surface area contributed by atoms with Crippen molar-refractivity contribution in [2.24, 2.45) is 0 Å². The summed E-state index contributed by atoms with van der Waals surface area (Å²) in [5.74, 6) is -0.916. The van der Waals surface area contributed by atoms with E-state index in [9.17, 15) is 8.78 Å². The van der Waals surface area contributed by atoms with Crippen molar-refractivity contribution >= 4 is 21.6 Å². The first-order valence-electron chi connectivity index (χ1n) is 6.34. The van der Waals surface area contributed by atoms with Gasteiger partial charge < -0.3 is 5.32 Å². The van der Waals surface area contributed by atoms with Crippen LogP contribution in [0.2, 0.25) is 0 Å². The highest BCUT2D eigenvalue weighted by Gasteiger charge is 2.15. The van der Waals surface area contributed by atoms with Crippen molar-refractivity contribution in [1.29, 1.82) is 5.26 Å². The van der Waals surface area contributed by atoms with Gasteiger partial charge in [-0.3, -0.25) is 0 Å². The van der Waals surface area contributed by atoms with Gasteiger partial charge in [0.2, 0.25) is 0 Å². The molecule has 0 aliphatic carbocycles. The molecular formula is C16H13BrF2N2. The van der Waals surface area contributed by atoms with Gasteiger partial charge in [0.1, 0.15) is 17.7 Å². The molecule has 1 unspecified atom stereocenters. The first-order chi connectivity index (χ1) is 9.92. The third-order valence-electron chi connectivity index (χ3n) is 3.22. The van der Waals surface area contributed by atoms with Crippen LogP contribution < -0.4 is 5.32 Å². The Labute approximate surface area is 130 Å². The van der Waals surface area contributed by atoms with Crippen LogP contribution in [0.3, 0.4) is 0 Å². The average Bonchev–Trinajstić information content (AvgIpc) is 2.44.